The largest absolute Gasteiger partial charge is 0.462 e. The number of esters is 1. The maximum Gasteiger partial charge on any atom is 0.302 e. The Hall–Kier alpha value is -1.00. The first kappa shape index (κ1) is 13.4. The Bertz CT molecular complexity index is 393. The van der Waals surface area contributed by atoms with Crippen LogP contribution in [-0.2, 0) is 14.3 Å². The first-order valence-corrected chi connectivity index (χ1v) is 7.03. The van der Waals surface area contributed by atoms with Gasteiger partial charge < -0.3 is 9.47 Å². The molecule has 0 spiro atoms. The summed E-state index contributed by atoms with van der Waals surface area (Å²) < 4.78 is 11.1. The Morgan fingerprint density at radius 1 is 1.39 bits per heavy atom. The summed E-state index contributed by atoms with van der Waals surface area (Å²) in [5.74, 6) is 0.0544. The van der Waals surface area contributed by atoms with Crippen LogP contribution in [0.4, 0.5) is 0 Å². The van der Waals surface area contributed by atoms with Crippen LogP contribution in [-0.4, -0.2) is 24.1 Å². The number of hydrogen-bond acceptors (Lipinski definition) is 4. The smallest absolute Gasteiger partial charge is 0.302 e. The van der Waals surface area contributed by atoms with Crippen molar-refractivity contribution in [3.63, 3.8) is 0 Å². The summed E-state index contributed by atoms with van der Waals surface area (Å²) in [4.78, 5) is 12.2. The highest BCUT2D eigenvalue weighted by molar-refractivity contribution is 7.99. The lowest BCUT2D eigenvalue weighted by Crippen LogP contribution is -2.37. The fourth-order valence-electron chi connectivity index (χ4n) is 1.97. The molecule has 98 valence electrons. The van der Waals surface area contributed by atoms with Crippen molar-refractivity contribution in [3.8, 4) is 0 Å². The summed E-state index contributed by atoms with van der Waals surface area (Å²) in [5.41, 5.74) is 0.0629. The summed E-state index contributed by atoms with van der Waals surface area (Å²) in [6, 6.07) is 10.1. The SMILES string of the molecule is CC(=O)O[C@H]1CC(Sc2ccccc2)OC[C@@H]1C. The van der Waals surface area contributed by atoms with E-state index in [1.54, 1.807) is 11.8 Å². The molecule has 3 atom stereocenters. The average molecular weight is 266 g/mol. The molecule has 3 nitrogen and oxygen atoms in total. The van der Waals surface area contributed by atoms with Crippen LogP contribution < -0.4 is 0 Å². The molecule has 18 heavy (non-hydrogen) atoms. The van der Waals surface area contributed by atoms with Crippen molar-refractivity contribution in [2.45, 2.75) is 36.7 Å². The monoisotopic (exact) mass is 266 g/mol. The lowest BCUT2D eigenvalue weighted by atomic mass is 10.0. The summed E-state index contributed by atoms with van der Waals surface area (Å²) in [7, 11) is 0. The van der Waals surface area contributed by atoms with Gasteiger partial charge in [-0.15, -0.1) is 0 Å². The van der Waals surface area contributed by atoms with Crippen LogP contribution in [0.25, 0.3) is 0 Å². The number of carbonyl (C=O) groups excluding carboxylic acids is 1. The van der Waals surface area contributed by atoms with Gasteiger partial charge in [0.1, 0.15) is 11.5 Å². The van der Waals surface area contributed by atoms with E-state index in [9.17, 15) is 4.79 Å². The standard InChI is InChI=1S/C14H18O3S/c1-10-9-16-14(8-13(10)17-11(2)15)18-12-6-4-3-5-7-12/h3-7,10,13-14H,8-9H2,1-2H3/t10-,13-,14?/m0/s1. The van der Waals surface area contributed by atoms with Crippen LogP contribution in [0, 0.1) is 5.92 Å². The van der Waals surface area contributed by atoms with E-state index in [4.69, 9.17) is 9.47 Å². The second-order valence-electron chi connectivity index (χ2n) is 4.55. The van der Waals surface area contributed by atoms with Crippen LogP contribution in [0.15, 0.2) is 35.2 Å². The van der Waals surface area contributed by atoms with Gasteiger partial charge in [-0.05, 0) is 12.1 Å². The Morgan fingerprint density at radius 2 is 2.11 bits per heavy atom. The van der Waals surface area contributed by atoms with Crippen molar-refractivity contribution in [2.24, 2.45) is 5.92 Å². The third kappa shape index (κ3) is 3.75. The first-order valence-electron chi connectivity index (χ1n) is 6.15. The minimum Gasteiger partial charge on any atom is -0.462 e. The number of benzene rings is 1. The Morgan fingerprint density at radius 3 is 2.78 bits per heavy atom. The maximum atomic E-state index is 11.1. The Balaban J connectivity index is 1.93. The Kier molecular flexibility index (Phi) is 4.66. The van der Waals surface area contributed by atoms with Crippen molar-refractivity contribution in [2.75, 3.05) is 6.61 Å². The molecule has 0 bridgehead atoms. The molecule has 1 saturated heterocycles. The minimum absolute atomic E-state index is 0.0301. The minimum atomic E-state index is -0.211. The van der Waals surface area contributed by atoms with Gasteiger partial charge in [-0.25, -0.2) is 0 Å². The number of hydrogen-bond donors (Lipinski definition) is 0. The van der Waals surface area contributed by atoms with Gasteiger partial charge in [-0.3, -0.25) is 4.79 Å². The van der Waals surface area contributed by atoms with Crippen LogP contribution in [0.1, 0.15) is 20.3 Å². The highest BCUT2D eigenvalue weighted by atomic mass is 32.2. The summed E-state index contributed by atoms with van der Waals surface area (Å²) in [6.07, 6.45) is 0.720. The fourth-order valence-corrected chi connectivity index (χ4v) is 3.02. The molecule has 0 radical (unpaired) electrons. The molecule has 1 aliphatic heterocycles. The van der Waals surface area contributed by atoms with Crippen LogP contribution in [0.3, 0.4) is 0 Å². The van der Waals surface area contributed by atoms with Crippen molar-refractivity contribution in [1.29, 1.82) is 0 Å². The molecule has 0 saturated carbocycles. The third-order valence-corrected chi connectivity index (χ3v) is 4.07. The molecule has 0 N–H and O–H groups in total. The van der Waals surface area contributed by atoms with Gasteiger partial charge in [0.05, 0.1) is 6.61 Å². The zero-order chi connectivity index (χ0) is 13.0. The maximum absolute atomic E-state index is 11.1. The van der Waals surface area contributed by atoms with Gasteiger partial charge in [0.25, 0.3) is 0 Å². The van der Waals surface area contributed by atoms with Gasteiger partial charge in [-0.1, -0.05) is 36.9 Å². The third-order valence-electron chi connectivity index (χ3n) is 2.93. The van der Waals surface area contributed by atoms with Gasteiger partial charge in [0, 0.05) is 24.2 Å². The van der Waals surface area contributed by atoms with Gasteiger partial charge >= 0.3 is 5.97 Å². The van der Waals surface area contributed by atoms with Crippen molar-refractivity contribution in [3.05, 3.63) is 30.3 Å². The van der Waals surface area contributed by atoms with E-state index in [0.717, 1.165) is 6.42 Å². The first-order chi connectivity index (χ1) is 8.65. The van der Waals surface area contributed by atoms with Gasteiger partial charge in [0.15, 0.2) is 0 Å². The molecular weight excluding hydrogens is 248 g/mol. The zero-order valence-corrected chi connectivity index (χ0v) is 11.5. The quantitative estimate of drug-likeness (QED) is 0.788. The molecule has 1 aliphatic rings. The fraction of sp³-hybridized carbons (Fsp3) is 0.500. The molecule has 1 unspecified atom stereocenters. The molecule has 1 fully saturated rings. The summed E-state index contributed by atoms with van der Waals surface area (Å²) in [5, 5.41) is 0. The second-order valence-corrected chi connectivity index (χ2v) is 5.79. The van der Waals surface area contributed by atoms with Crippen LogP contribution in [0.2, 0.25) is 0 Å². The number of ether oxygens (including phenoxy) is 2. The van der Waals surface area contributed by atoms with E-state index in [-0.39, 0.29) is 23.4 Å². The van der Waals surface area contributed by atoms with E-state index < -0.39 is 0 Å². The number of thioether (sulfide) groups is 1. The molecule has 0 amide bonds. The van der Waals surface area contributed by atoms with E-state index in [1.165, 1.54) is 11.8 Å². The predicted octanol–water partition coefficient (Wildman–Crippen LogP) is 3.09. The highest BCUT2D eigenvalue weighted by Crippen LogP contribution is 2.33. The van der Waals surface area contributed by atoms with Gasteiger partial charge in [-0.2, -0.15) is 0 Å². The van der Waals surface area contributed by atoms with Gasteiger partial charge in [0.2, 0.25) is 0 Å². The van der Waals surface area contributed by atoms with E-state index >= 15 is 0 Å². The predicted molar refractivity (Wildman–Crippen MR) is 71.4 cm³/mol. The average Bonchev–Trinajstić information content (AvgIpc) is 2.34. The van der Waals surface area contributed by atoms with Crippen LogP contribution in [0.5, 0.6) is 0 Å². The molecule has 4 heteroatoms. The van der Waals surface area contributed by atoms with E-state index in [2.05, 4.69) is 19.1 Å². The van der Waals surface area contributed by atoms with E-state index in [0.29, 0.717) is 6.61 Å². The van der Waals surface area contributed by atoms with Crippen molar-refractivity contribution < 1.29 is 14.3 Å². The normalized spacial score (nSPS) is 27.8. The van der Waals surface area contributed by atoms with Crippen molar-refractivity contribution >= 4 is 17.7 Å². The Labute approximate surface area is 112 Å². The highest BCUT2D eigenvalue weighted by Gasteiger charge is 2.31. The second kappa shape index (κ2) is 6.25. The number of carbonyl (C=O) groups is 1. The molecular formula is C14H18O3S. The zero-order valence-electron chi connectivity index (χ0n) is 10.7. The molecule has 1 heterocycles. The summed E-state index contributed by atoms with van der Waals surface area (Å²) in [6.45, 7) is 4.15. The lowest BCUT2D eigenvalue weighted by Gasteiger charge is -2.33. The molecule has 1 aromatic carbocycles. The molecule has 0 aromatic heterocycles. The van der Waals surface area contributed by atoms with E-state index in [1.807, 2.05) is 18.2 Å². The molecule has 1 aromatic rings. The van der Waals surface area contributed by atoms with Crippen molar-refractivity contribution in [1.82, 2.24) is 0 Å². The summed E-state index contributed by atoms with van der Waals surface area (Å²) >= 11 is 1.68. The lowest BCUT2D eigenvalue weighted by molar-refractivity contribution is -0.155. The van der Waals surface area contributed by atoms with Crippen LogP contribution >= 0.6 is 11.8 Å². The molecule has 0 aliphatic carbocycles. The molecule has 2 rings (SSSR count). The number of rotatable bonds is 3. The topological polar surface area (TPSA) is 35.5 Å².